The highest BCUT2D eigenvalue weighted by atomic mass is 15.3. The summed E-state index contributed by atoms with van der Waals surface area (Å²) in [6.07, 6.45) is 3.18. The molecule has 0 amide bonds. The number of fused-ring (bicyclic) bond motifs is 1. The first-order chi connectivity index (χ1) is 12.2. The summed E-state index contributed by atoms with van der Waals surface area (Å²) in [5.74, 6) is 0.978. The molecule has 2 heterocycles. The van der Waals surface area contributed by atoms with Crippen LogP contribution in [0.15, 0.2) is 61.2 Å². The second-order valence-electron chi connectivity index (χ2n) is 5.75. The fraction of sp³-hybridized carbons (Fsp3) is 0.111. The Balaban J connectivity index is 1.62. The average Bonchev–Trinajstić information content (AvgIpc) is 3.17. The first-order valence-corrected chi connectivity index (χ1v) is 7.94. The summed E-state index contributed by atoms with van der Waals surface area (Å²) in [6, 6.07) is 15.8. The molecule has 0 aliphatic rings. The molecule has 0 saturated carbocycles. The van der Waals surface area contributed by atoms with Crippen molar-refractivity contribution in [3.8, 4) is 5.69 Å². The molecule has 0 bridgehead atoms. The fourth-order valence-corrected chi connectivity index (χ4v) is 2.72. The Morgan fingerprint density at radius 2 is 1.96 bits per heavy atom. The molecule has 0 spiro atoms. The molecule has 7 nitrogen and oxygen atoms in total. The van der Waals surface area contributed by atoms with Crippen LogP contribution in [0.1, 0.15) is 18.5 Å². The Morgan fingerprint density at radius 3 is 2.80 bits per heavy atom. The van der Waals surface area contributed by atoms with Crippen molar-refractivity contribution in [2.75, 3.05) is 11.1 Å². The fourth-order valence-electron chi connectivity index (χ4n) is 2.72. The number of hydrogen-bond acceptors (Lipinski definition) is 6. The van der Waals surface area contributed by atoms with E-state index in [1.54, 1.807) is 11.0 Å². The first kappa shape index (κ1) is 15.1. The number of nitrogens with two attached hydrogens (primary N) is 1. The van der Waals surface area contributed by atoms with Crippen LogP contribution in [0.2, 0.25) is 0 Å². The van der Waals surface area contributed by atoms with Crippen LogP contribution in [0.25, 0.3) is 16.6 Å². The number of nitrogens with one attached hydrogen (secondary N) is 1. The molecule has 0 fully saturated rings. The maximum absolute atomic E-state index is 6.05. The molecular formula is C18H17N7. The third-order valence-electron chi connectivity index (χ3n) is 4.03. The Kier molecular flexibility index (Phi) is 3.74. The minimum atomic E-state index is 0.00373. The van der Waals surface area contributed by atoms with Gasteiger partial charge in [0.2, 0.25) is 5.95 Å². The lowest BCUT2D eigenvalue weighted by Crippen LogP contribution is -2.11. The van der Waals surface area contributed by atoms with Crippen molar-refractivity contribution in [3.63, 3.8) is 0 Å². The lowest BCUT2D eigenvalue weighted by atomic mass is 10.1. The molecule has 1 atom stereocenters. The van der Waals surface area contributed by atoms with Gasteiger partial charge in [-0.25, -0.2) is 14.6 Å². The van der Waals surface area contributed by atoms with E-state index in [0.29, 0.717) is 11.8 Å². The molecular weight excluding hydrogens is 314 g/mol. The number of nitrogen functional groups attached to an aromatic ring is 1. The minimum absolute atomic E-state index is 0.00373. The quantitative estimate of drug-likeness (QED) is 0.597. The van der Waals surface area contributed by atoms with E-state index >= 15 is 0 Å². The monoisotopic (exact) mass is 331 g/mol. The second kappa shape index (κ2) is 6.20. The topological polar surface area (TPSA) is 94.5 Å². The highest BCUT2D eigenvalue weighted by molar-refractivity contribution is 5.88. The summed E-state index contributed by atoms with van der Waals surface area (Å²) >= 11 is 0. The minimum Gasteiger partial charge on any atom is -0.383 e. The smallest absolute Gasteiger partial charge is 0.225 e. The average molecular weight is 331 g/mol. The van der Waals surface area contributed by atoms with Gasteiger partial charge in [-0.15, -0.1) is 0 Å². The van der Waals surface area contributed by atoms with Gasteiger partial charge < -0.3 is 11.1 Å². The summed E-state index contributed by atoms with van der Waals surface area (Å²) in [6.45, 7) is 2.05. The Morgan fingerprint density at radius 1 is 1.08 bits per heavy atom. The van der Waals surface area contributed by atoms with E-state index in [9.17, 15) is 0 Å². The third kappa shape index (κ3) is 2.99. The van der Waals surface area contributed by atoms with Crippen molar-refractivity contribution in [1.82, 2.24) is 24.7 Å². The maximum atomic E-state index is 6.05. The molecule has 3 N–H and O–H groups in total. The predicted octanol–water partition coefficient (Wildman–Crippen LogP) is 2.97. The molecule has 0 aliphatic carbocycles. The van der Waals surface area contributed by atoms with Crippen LogP contribution in [-0.2, 0) is 0 Å². The molecule has 0 radical (unpaired) electrons. The molecule has 4 aromatic rings. The molecule has 2 aromatic carbocycles. The van der Waals surface area contributed by atoms with Crippen molar-refractivity contribution in [3.05, 3.63) is 66.7 Å². The van der Waals surface area contributed by atoms with E-state index in [1.807, 2.05) is 42.5 Å². The Hall–Kier alpha value is -3.48. The van der Waals surface area contributed by atoms with E-state index in [2.05, 4.69) is 38.4 Å². The number of anilines is 2. The molecule has 7 heteroatoms. The van der Waals surface area contributed by atoms with Crippen LogP contribution in [-0.4, -0.2) is 24.7 Å². The molecule has 25 heavy (non-hydrogen) atoms. The van der Waals surface area contributed by atoms with Crippen LogP contribution < -0.4 is 11.1 Å². The second-order valence-corrected chi connectivity index (χ2v) is 5.75. The standard InChI is InChI=1S/C18H17N7/c1-12(13-5-4-6-14(9-13)25-11-20-10-21-25)22-18-23-16-8-3-2-7-15(16)17(19)24-18/h2-12H,1H3,(H3,19,22,23,24)/t12-/m0/s1. The van der Waals surface area contributed by atoms with Crippen molar-refractivity contribution >= 4 is 22.7 Å². The SMILES string of the molecule is C[C@H](Nc1nc(N)c2ccccc2n1)c1cccc(-n2cncn2)c1. The van der Waals surface area contributed by atoms with E-state index in [4.69, 9.17) is 5.73 Å². The highest BCUT2D eigenvalue weighted by Crippen LogP contribution is 2.23. The van der Waals surface area contributed by atoms with E-state index in [1.165, 1.54) is 6.33 Å². The summed E-state index contributed by atoms with van der Waals surface area (Å²) in [7, 11) is 0. The summed E-state index contributed by atoms with van der Waals surface area (Å²) in [4.78, 5) is 12.9. The van der Waals surface area contributed by atoms with Gasteiger partial charge in [-0.05, 0) is 36.8 Å². The summed E-state index contributed by atoms with van der Waals surface area (Å²) < 4.78 is 1.72. The largest absolute Gasteiger partial charge is 0.383 e. The van der Waals surface area contributed by atoms with Crippen molar-refractivity contribution in [1.29, 1.82) is 0 Å². The van der Waals surface area contributed by atoms with Gasteiger partial charge in [0, 0.05) is 5.39 Å². The molecule has 124 valence electrons. The highest BCUT2D eigenvalue weighted by Gasteiger charge is 2.10. The third-order valence-corrected chi connectivity index (χ3v) is 4.03. The normalized spacial score (nSPS) is 12.2. The number of benzene rings is 2. The number of aromatic nitrogens is 5. The van der Waals surface area contributed by atoms with Crippen molar-refractivity contribution < 1.29 is 0 Å². The zero-order valence-corrected chi connectivity index (χ0v) is 13.7. The van der Waals surface area contributed by atoms with Gasteiger partial charge in [0.05, 0.1) is 17.2 Å². The number of hydrogen-bond donors (Lipinski definition) is 2. The van der Waals surface area contributed by atoms with E-state index in [-0.39, 0.29) is 6.04 Å². The van der Waals surface area contributed by atoms with E-state index < -0.39 is 0 Å². The van der Waals surface area contributed by atoms with Crippen LogP contribution in [0.4, 0.5) is 11.8 Å². The number of nitrogens with zero attached hydrogens (tertiary/aromatic N) is 5. The maximum Gasteiger partial charge on any atom is 0.225 e. The van der Waals surface area contributed by atoms with E-state index in [0.717, 1.165) is 22.2 Å². The zero-order chi connectivity index (χ0) is 17.2. The molecule has 4 rings (SSSR count). The summed E-state index contributed by atoms with van der Waals surface area (Å²) in [5, 5.41) is 8.33. The van der Waals surface area contributed by atoms with Gasteiger partial charge in [-0.2, -0.15) is 10.1 Å². The number of para-hydroxylation sites is 1. The lowest BCUT2D eigenvalue weighted by molar-refractivity contribution is 0.844. The van der Waals surface area contributed by atoms with Crippen LogP contribution in [0.5, 0.6) is 0 Å². The lowest BCUT2D eigenvalue weighted by Gasteiger charge is -2.16. The van der Waals surface area contributed by atoms with Gasteiger partial charge in [0.15, 0.2) is 0 Å². The Labute approximate surface area is 144 Å². The first-order valence-electron chi connectivity index (χ1n) is 7.94. The zero-order valence-electron chi connectivity index (χ0n) is 13.7. The van der Waals surface area contributed by atoms with Crippen molar-refractivity contribution in [2.24, 2.45) is 0 Å². The van der Waals surface area contributed by atoms with Crippen molar-refractivity contribution in [2.45, 2.75) is 13.0 Å². The molecule has 2 aromatic heterocycles. The molecule has 0 saturated heterocycles. The predicted molar refractivity (Wildman–Crippen MR) is 97.3 cm³/mol. The van der Waals surface area contributed by atoms with Crippen LogP contribution >= 0.6 is 0 Å². The van der Waals surface area contributed by atoms with Gasteiger partial charge in [0.25, 0.3) is 0 Å². The molecule has 0 unspecified atom stereocenters. The van der Waals surface area contributed by atoms with Gasteiger partial charge >= 0.3 is 0 Å². The van der Waals surface area contributed by atoms with Gasteiger partial charge in [0.1, 0.15) is 18.5 Å². The summed E-state index contributed by atoms with van der Waals surface area (Å²) in [5.41, 5.74) is 8.90. The van der Waals surface area contributed by atoms with Crippen LogP contribution in [0.3, 0.4) is 0 Å². The Bertz CT molecular complexity index is 1010. The molecule has 0 aliphatic heterocycles. The number of rotatable bonds is 4. The van der Waals surface area contributed by atoms with Gasteiger partial charge in [-0.1, -0.05) is 24.3 Å². The van der Waals surface area contributed by atoms with Crippen LogP contribution in [0, 0.1) is 0 Å². The van der Waals surface area contributed by atoms with Gasteiger partial charge in [-0.3, -0.25) is 0 Å².